The molecule has 5 nitrogen and oxygen atoms in total. The molecule has 3 aromatic rings. The van der Waals surface area contributed by atoms with Gasteiger partial charge in [-0.3, -0.25) is 9.40 Å². The Hall–Kier alpha value is -2.02. The third-order valence-corrected chi connectivity index (χ3v) is 5.58. The van der Waals surface area contributed by atoms with Crippen LogP contribution in [0.25, 0.3) is 0 Å². The van der Waals surface area contributed by atoms with Gasteiger partial charge in [-0.05, 0) is 30.7 Å². The van der Waals surface area contributed by atoms with Crippen LogP contribution < -0.4 is 4.72 Å². The predicted molar refractivity (Wildman–Crippen MR) is 99.8 cm³/mol. The minimum atomic E-state index is -3.83. The average molecular weight is 396 g/mol. The molecule has 0 radical (unpaired) electrons. The summed E-state index contributed by atoms with van der Waals surface area (Å²) in [6, 6.07) is 14.3. The Kier molecular flexibility index (Phi) is 5.03. The van der Waals surface area contributed by atoms with Gasteiger partial charge in [0.1, 0.15) is 4.90 Å². The van der Waals surface area contributed by atoms with E-state index in [1.165, 1.54) is 18.3 Å². The molecule has 8 heteroatoms. The van der Waals surface area contributed by atoms with Gasteiger partial charge in [0.25, 0.3) is 10.0 Å². The number of anilines is 1. The Morgan fingerprint density at radius 1 is 1.12 bits per heavy atom. The first-order chi connectivity index (χ1) is 11.8. The Morgan fingerprint density at radius 3 is 2.56 bits per heavy atom. The zero-order chi connectivity index (χ0) is 18.0. The van der Waals surface area contributed by atoms with Crippen LogP contribution in [0, 0.1) is 6.92 Å². The highest BCUT2D eigenvalue weighted by atomic mass is 35.5. The molecule has 0 saturated carbocycles. The van der Waals surface area contributed by atoms with Crippen LogP contribution in [-0.2, 0) is 16.6 Å². The van der Waals surface area contributed by atoms with Crippen molar-refractivity contribution in [2.24, 2.45) is 0 Å². The lowest BCUT2D eigenvalue weighted by Gasteiger charge is -2.09. The summed E-state index contributed by atoms with van der Waals surface area (Å²) in [5.41, 5.74) is 1.66. The number of nitrogens with one attached hydrogen (secondary N) is 1. The second-order valence-corrected chi connectivity index (χ2v) is 7.99. The molecule has 0 unspecified atom stereocenters. The Bertz CT molecular complexity index is 1000. The van der Waals surface area contributed by atoms with E-state index in [2.05, 4.69) is 9.82 Å². The molecule has 1 aromatic heterocycles. The molecule has 0 atom stereocenters. The molecule has 1 N–H and O–H groups in total. The van der Waals surface area contributed by atoms with Gasteiger partial charge < -0.3 is 0 Å². The largest absolute Gasteiger partial charge is 0.278 e. The predicted octanol–water partition coefficient (Wildman–Crippen LogP) is 4.35. The smallest absolute Gasteiger partial charge is 0.265 e. The first kappa shape index (κ1) is 17.8. The molecule has 130 valence electrons. The molecule has 1 heterocycles. The van der Waals surface area contributed by atoms with E-state index in [0.29, 0.717) is 17.3 Å². The van der Waals surface area contributed by atoms with Crippen LogP contribution in [-0.4, -0.2) is 18.2 Å². The quantitative estimate of drug-likeness (QED) is 0.698. The van der Waals surface area contributed by atoms with Crippen LogP contribution in [0.5, 0.6) is 0 Å². The van der Waals surface area contributed by atoms with Crippen molar-refractivity contribution in [3.63, 3.8) is 0 Å². The van der Waals surface area contributed by atoms with Crippen molar-refractivity contribution in [3.05, 3.63) is 76.0 Å². The van der Waals surface area contributed by atoms with Crippen molar-refractivity contribution < 1.29 is 8.42 Å². The monoisotopic (exact) mass is 395 g/mol. The van der Waals surface area contributed by atoms with Crippen molar-refractivity contribution in [2.45, 2.75) is 18.4 Å². The zero-order valence-electron chi connectivity index (χ0n) is 13.3. The van der Waals surface area contributed by atoms with Gasteiger partial charge in [0.2, 0.25) is 0 Å². The molecule has 0 aliphatic rings. The molecule has 0 saturated heterocycles. The topological polar surface area (TPSA) is 64.0 Å². The van der Waals surface area contributed by atoms with Gasteiger partial charge in [-0.25, -0.2) is 8.42 Å². The van der Waals surface area contributed by atoms with E-state index < -0.39 is 10.0 Å². The molecular formula is C17H15Cl2N3O2S. The Balaban J connectivity index is 1.89. The van der Waals surface area contributed by atoms with Gasteiger partial charge in [0.15, 0.2) is 0 Å². The fourth-order valence-electron chi connectivity index (χ4n) is 2.39. The molecule has 2 aromatic carbocycles. The summed E-state index contributed by atoms with van der Waals surface area (Å²) in [4.78, 5) is 0.0967. The molecule has 0 bridgehead atoms. The second-order valence-electron chi connectivity index (χ2n) is 5.49. The van der Waals surface area contributed by atoms with Gasteiger partial charge in [-0.2, -0.15) is 5.10 Å². The van der Waals surface area contributed by atoms with Crippen LogP contribution in [0.4, 0.5) is 5.69 Å². The number of hydrogen-bond donors (Lipinski definition) is 1. The Labute approximate surface area is 156 Å². The van der Waals surface area contributed by atoms with E-state index in [9.17, 15) is 8.42 Å². The second kappa shape index (κ2) is 7.07. The molecule has 0 fully saturated rings. The average Bonchev–Trinajstić information content (AvgIpc) is 2.93. The third kappa shape index (κ3) is 4.15. The molecule has 0 spiro atoms. The number of nitrogens with zero attached hydrogens (tertiary/aromatic N) is 2. The summed E-state index contributed by atoms with van der Waals surface area (Å²) >= 11 is 11.9. The summed E-state index contributed by atoms with van der Waals surface area (Å²) in [7, 11) is -3.83. The van der Waals surface area contributed by atoms with E-state index in [4.69, 9.17) is 23.2 Å². The normalized spacial score (nSPS) is 11.5. The van der Waals surface area contributed by atoms with Gasteiger partial charge in [-0.15, -0.1) is 0 Å². The van der Waals surface area contributed by atoms with E-state index in [-0.39, 0.29) is 15.6 Å². The first-order valence-corrected chi connectivity index (χ1v) is 9.65. The van der Waals surface area contributed by atoms with Crippen molar-refractivity contribution in [1.82, 2.24) is 9.78 Å². The summed E-state index contributed by atoms with van der Waals surface area (Å²) in [6.45, 7) is 2.13. The minimum absolute atomic E-state index is 0.0967. The summed E-state index contributed by atoms with van der Waals surface area (Å²) in [6.07, 6.45) is 1.50. The van der Waals surface area contributed by atoms with Gasteiger partial charge >= 0.3 is 0 Å². The number of rotatable bonds is 5. The number of halogens is 2. The number of sulfonamides is 1. The number of benzene rings is 2. The zero-order valence-corrected chi connectivity index (χ0v) is 15.6. The lowest BCUT2D eigenvalue weighted by atomic mass is 10.2. The molecule has 25 heavy (non-hydrogen) atoms. The van der Waals surface area contributed by atoms with Crippen molar-refractivity contribution in [2.75, 3.05) is 4.72 Å². The molecular weight excluding hydrogens is 381 g/mol. The Morgan fingerprint density at radius 2 is 1.84 bits per heavy atom. The molecule has 0 aliphatic carbocycles. The van der Waals surface area contributed by atoms with Crippen LogP contribution in [0.1, 0.15) is 11.3 Å². The number of aromatic nitrogens is 2. The van der Waals surface area contributed by atoms with Crippen LogP contribution in [0.15, 0.2) is 59.6 Å². The maximum Gasteiger partial charge on any atom is 0.265 e. The SMILES string of the molecule is Cc1nn(Cc2ccccc2)cc1S(=O)(=O)Nc1cc(Cl)ccc1Cl. The van der Waals surface area contributed by atoms with Crippen LogP contribution in [0.2, 0.25) is 10.0 Å². The van der Waals surface area contributed by atoms with Gasteiger partial charge in [0.05, 0.1) is 22.9 Å². The standard InChI is InChI=1S/C17H15Cl2N3O2S/c1-12-17(11-22(20-12)10-13-5-3-2-4-6-13)25(23,24)21-16-9-14(18)7-8-15(16)19/h2-9,11,21H,10H2,1H3. The molecule has 0 amide bonds. The minimum Gasteiger partial charge on any atom is -0.278 e. The first-order valence-electron chi connectivity index (χ1n) is 7.41. The van der Waals surface area contributed by atoms with Crippen molar-refractivity contribution in [1.29, 1.82) is 0 Å². The van der Waals surface area contributed by atoms with Crippen LogP contribution >= 0.6 is 23.2 Å². The van der Waals surface area contributed by atoms with Crippen molar-refractivity contribution >= 4 is 38.9 Å². The summed E-state index contributed by atoms with van der Waals surface area (Å²) in [5, 5.41) is 4.95. The number of hydrogen-bond acceptors (Lipinski definition) is 3. The molecule has 0 aliphatic heterocycles. The third-order valence-electron chi connectivity index (χ3n) is 3.55. The lowest BCUT2D eigenvalue weighted by molar-refractivity contribution is 0.600. The highest BCUT2D eigenvalue weighted by Crippen LogP contribution is 2.28. The maximum atomic E-state index is 12.7. The highest BCUT2D eigenvalue weighted by Gasteiger charge is 2.21. The summed E-state index contributed by atoms with van der Waals surface area (Å²) < 4.78 is 29.4. The van der Waals surface area contributed by atoms with Gasteiger partial charge in [-0.1, -0.05) is 53.5 Å². The highest BCUT2D eigenvalue weighted by molar-refractivity contribution is 7.92. The van der Waals surface area contributed by atoms with E-state index in [0.717, 1.165) is 5.56 Å². The number of aryl methyl sites for hydroxylation is 1. The van der Waals surface area contributed by atoms with E-state index in [1.807, 2.05) is 30.3 Å². The van der Waals surface area contributed by atoms with Gasteiger partial charge in [0, 0.05) is 11.2 Å². The van der Waals surface area contributed by atoms with E-state index >= 15 is 0 Å². The lowest BCUT2D eigenvalue weighted by Crippen LogP contribution is -2.13. The maximum absolute atomic E-state index is 12.7. The summed E-state index contributed by atoms with van der Waals surface area (Å²) in [5.74, 6) is 0. The van der Waals surface area contributed by atoms with Crippen LogP contribution in [0.3, 0.4) is 0 Å². The van der Waals surface area contributed by atoms with Crippen molar-refractivity contribution in [3.8, 4) is 0 Å². The molecule has 3 rings (SSSR count). The van der Waals surface area contributed by atoms with E-state index in [1.54, 1.807) is 17.7 Å². The fraction of sp³-hybridized carbons (Fsp3) is 0.118. The fourth-order valence-corrected chi connectivity index (χ4v) is 4.04.